The molecule has 0 aliphatic rings. The second kappa shape index (κ2) is 5.17. The summed E-state index contributed by atoms with van der Waals surface area (Å²) in [4.78, 5) is 10.2. The van der Waals surface area contributed by atoms with Crippen molar-refractivity contribution in [2.24, 2.45) is 0 Å². The normalized spacial score (nSPS) is 12.7. The Kier molecular flexibility index (Phi) is 4.84. The van der Waals surface area contributed by atoms with Crippen molar-refractivity contribution in [2.45, 2.75) is 19.4 Å². The molecule has 0 heterocycles. The van der Waals surface area contributed by atoms with E-state index in [1.54, 1.807) is 0 Å². The number of rotatable bonds is 4. The van der Waals surface area contributed by atoms with Crippen molar-refractivity contribution >= 4 is 5.97 Å². The minimum Gasteiger partial charge on any atom is -0.460 e. The Morgan fingerprint density at radius 1 is 1.80 bits per heavy atom. The number of carbonyl (C=O) groups excluding carboxylic acids is 1. The molecule has 0 aromatic rings. The summed E-state index contributed by atoms with van der Waals surface area (Å²) in [6.07, 6.45) is -0.613. The maximum absolute atomic E-state index is 11.8. The van der Waals surface area contributed by atoms with Gasteiger partial charge >= 0.3 is 5.97 Å². The lowest BCUT2D eigenvalue weighted by Crippen LogP contribution is -2.19. The average molecular weight is 150 g/mol. The quantitative estimate of drug-likeness (QED) is 0.585. The SMILES string of the molecule is CC(=O)OC(CF)CCO. The number of hydrogen-bond donors (Lipinski definition) is 1. The lowest BCUT2D eigenvalue weighted by Gasteiger charge is -2.10. The molecule has 0 aliphatic heterocycles. The van der Waals surface area contributed by atoms with Gasteiger partial charge in [-0.25, -0.2) is 4.39 Å². The second-order valence-electron chi connectivity index (χ2n) is 1.90. The molecule has 60 valence electrons. The largest absolute Gasteiger partial charge is 0.460 e. The highest BCUT2D eigenvalue weighted by Crippen LogP contribution is 1.98. The zero-order valence-electron chi connectivity index (χ0n) is 5.84. The molecule has 0 rings (SSSR count). The maximum atomic E-state index is 11.8. The summed E-state index contributed by atoms with van der Waals surface area (Å²) in [5, 5.41) is 8.32. The topological polar surface area (TPSA) is 46.5 Å². The van der Waals surface area contributed by atoms with Crippen LogP contribution in [0.4, 0.5) is 4.39 Å². The smallest absolute Gasteiger partial charge is 0.302 e. The molecule has 0 amide bonds. The molecule has 0 spiro atoms. The summed E-state index contributed by atoms with van der Waals surface area (Å²) in [5.74, 6) is -0.517. The van der Waals surface area contributed by atoms with E-state index in [4.69, 9.17) is 5.11 Å². The van der Waals surface area contributed by atoms with E-state index in [0.717, 1.165) is 0 Å². The van der Waals surface area contributed by atoms with Gasteiger partial charge in [-0.2, -0.15) is 0 Å². The molecule has 0 bridgehead atoms. The van der Waals surface area contributed by atoms with Crippen molar-refractivity contribution < 1.29 is 19.0 Å². The van der Waals surface area contributed by atoms with Gasteiger partial charge in [0, 0.05) is 20.0 Å². The second-order valence-corrected chi connectivity index (χ2v) is 1.90. The number of halogens is 1. The lowest BCUT2D eigenvalue weighted by atomic mass is 10.3. The number of ether oxygens (including phenoxy) is 1. The van der Waals surface area contributed by atoms with Gasteiger partial charge in [-0.1, -0.05) is 0 Å². The van der Waals surface area contributed by atoms with Crippen molar-refractivity contribution in [1.29, 1.82) is 0 Å². The molecule has 10 heavy (non-hydrogen) atoms. The van der Waals surface area contributed by atoms with Crippen LogP contribution in [0.25, 0.3) is 0 Å². The molecule has 1 unspecified atom stereocenters. The fourth-order valence-corrected chi connectivity index (χ4v) is 0.546. The fourth-order valence-electron chi connectivity index (χ4n) is 0.546. The number of carbonyl (C=O) groups is 1. The van der Waals surface area contributed by atoms with Gasteiger partial charge in [-0.15, -0.1) is 0 Å². The van der Waals surface area contributed by atoms with Gasteiger partial charge in [0.2, 0.25) is 0 Å². The van der Waals surface area contributed by atoms with E-state index >= 15 is 0 Å². The van der Waals surface area contributed by atoms with Crippen LogP contribution in [0.2, 0.25) is 0 Å². The summed E-state index contributed by atoms with van der Waals surface area (Å²) in [5.41, 5.74) is 0. The van der Waals surface area contributed by atoms with Crippen molar-refractivity contribution in [3.8, 4) is 0 Å². The average Bonchev–Trinajstić information content (AvgIpc) is 1.86. The van der Waals surface area contributed by atoms with Crippen LogP contribution in [0.5, 0.6) is 0 Å². The molecular formula is C6H11FO3. The molecule has 0 saturated heterocycles. The summed E-state index contributed by atoms with van der Waals surface area (Å²) in [6.45, 7) is 0.308. The van der Waals surface area contributed by atoms with E-state index in [1.807, 2.05) is 0 Å². The van der Waals surface area contributed by atoms with Crippen LogP contribution in [0.1, 0.15) is 13.3 Å². The van der Waals surface area contributed by atoms with E-state index < -0.39 is 18.7 Å². The molecule has 0 aromatic carbocycles. The Balaban J connectivity index is 3.49. The van der Waals surface area contributed by atoms with Gasteiger partial charge in [0.15, 0.2) is 0 Å². The van der Waals surface area contributed by atoms with Crippen molar-refractivity contribution in [3.63, 3.8) is 0 Å². The predicted octanol–water partition coefficient (Wildman–Crippen LogP) is 0.270. The summed E-state index contributed by atoms with van der Waals surface area (Å²) >= 11 is 0. The molecule has 0 fully saturated rings. The molecule has 0 radical (unpaired) electrons. The van der Waals surface area contributed by atoms with E-state index in [-0.39, 0.29) is 13.0 Å². The number of aliphatic hydroxyl groups excluding tert-OH is 1. The maximum Gasteiger partial charge on any atom is 0.302 e. The van der Waals surface area contributed by atoms with Crippen molar-refractivity contribution in [2.75, 3.05) is 13.3 Å². The summed E-state index contributed by atoms with van der Waals surface area (Å²) < 4.78 is 16.3. The highest BCUT2D eigenvalue weighted by molar-refractivity contribution is 5.66. The first-order chi connectivity index (χ1) is 4.70. The zero-order chi connectivity index (χ0) is 7.98. The number of hydrogen-bond acceptors (Lipinski definition) is 3. The third-order valence-corrected chi connectivity index (χ3v) is 0.956. The van der Waals surface area contributed by atoms with Crippen LogP contribution in [0, 0.1) is 0 Å². The monoisotopic (exact) mass is 150 g/mol. The molecule has 1 N–H and O–H groups in total. The lowest BCUT2D eigenvalue weighted by molar-refractivity contribution is -0.147. The van der Waals surface area contributed by atoms with Gasteiger partial charge in [0.05, 0.1) is 0 Å². The Morgan fingerprint density at radius 2 is 2.40 bits per heavy atom. The van der Waals surface area contributed by atoms with Crippen molar-refractivity contribution in [1.82, 2.24) is 0 Å². The molecule has 0 aliphatic carbocycles. The molecule has 0 aromatic heterocycles. The highest BCUT2D eigenvalue weighted by atomic mass is 19.1. The molecule has 1 atom stereocenters. The highest BCUT2D eigenvalue weighted by Gasteiger charge is 2.09. The first-order valence-corrected chi connectivity index (χ1v) is 3.04. The first-order valence-electron chi connectivity index (χ1n) is 3.04. The van der Waals surface area contributed by atoms with Crippen molar-refractivity contribution in [3.05, 3.63) is 0 Å². The Hall–Kier alpha value is -0.640. The zero-order valence-corrected chi connectivity index (χ0v) is 5.84. The summed E-state index contributed by atoms with van der Waals surface area (Å²) in [6, 6.07) is 0. The van der Waals surface area contributed by atoms with Crippen LogP contribution in [0.15, 0.2) is 0 Å². The van der Waals surface area contributed by atoms with E-state index in [2.05, 4.69) is 4.74 Å². The minimum absolute atomic E-state index is 0.163. The Bertz CT molecular complexity index is 105. The van der Waals surface area contributed by atoms with Crippen LogP contribution in [0.3, 0.4) is 0 Å². The van der Waals surface area contributed by atoms with Gasteiger partial charge < -0.3 is 9.84 Å². The van der Waals surface area contributed by atoms with Gasteiger partial charge in [-0.05, 0) is 0 Å². The first kappa shape index (κ1) is 9.36. The van der Waals surface area contributed by atoms with Crippen LogP contribution < -0.4 is 0 Å². The predicted molar refractivity (Wildman–Crippen MR) is 33.2 cm³/mol. The number of esters is 1. The third-order valence-electron chi connectivity index (χ3n) is 0.956. The number of alkyl halides is 1. The van der Waals surface area contributed by atoms with Gasteiger partial charge in [0.25, 0.3) is 0 Å². The molecular weight excluding hydrogens is 139 g/mol. The van der Waals surface area contributed by atoms with Gasteiger partial charge in [-0.3, -0.25) is 4.79 Å². The molecule has 0 saturated carbocycles. The fraction of sp³-hybridized carbons (Fsp3) is 0.833. The standard InChI is InChI=1S/C6H11FO3/c1-5(9)10-6(4-7)2-3-8/h6,8H,2-4H2,1H3. The van der Waals surface area contributed by atoms with E-state index in [1.165, 1.54) is 6.92 Å². The van der Waals surface area contributed by atoms with E-state index in [0.29, 0.717) is 0 Å². The Morgan fingerprint density at radius 3 is 2.70 bits per heavy atom. The number of aliphatic hydroxyl groups is 1. The molecule has 3 nitrogen and oxygen atoms in total. The molecule has 4 heteroatoms. The van der Waals surface area contributed by atoms with Crippen LogP contribution in [-0.4, -0.2) is 30.5 Å². The van der Waals surface area contributed by atoms with Gasteiger partial charge in [0.1, 0.15) is 12.8 Å². The van der Waals surface area contributed by atoms with E-state index in [9.17, 15) is 9.18 Å². The Labute approximate surface area is 58.8 Å². The van der Waals surface area contributed by atoms with Crippen LogP contribution >= 0.6 is 0 Å². The third kappa shape index (κ3) is 4.26. The minimum atomic E-state index is -0.775. The summed E-state index contributed by atoms with van der Waals surface area (Å²) in [7, 11) is 0. The van der Waals surface area contributed by atoms with Crippen LogP contribution in [-0.2, 0) is 9.53 Å².